The molecule has 0 saturated heterocycles. The minimum atomic E-state index is -0.763. The zero-order valence-corrected chi connectivity index (χ0v) is 46.7. The average Bonchev–Trinajstić information content (AvgIpc) is 3.32. The van der Waals surface area contributed by atoms with Crippen molar-refractivity contribution in [1.82, 2.24) is 0 Å². The highest BCUT2D eigenvalue weighted by molar-refractivity contribution is 5.71. The first-order chi connectivity index (χ1) is 33.3. The monoisotopic (exact) mass is 961 g/mol. The molecular weight excluding hydrogens is 841 g/mol. The van der Waals surface area contributed by atoms with Gasteiger partial charge in [0.25, 0.3) is 0 Å². The van der Waals surface area contributed by atoms with Crippen molar-refractivity contribution >= 4 is 17.9 Å². The highest BCUT2D eigenvalue weighted by Gasteiger charge is 2.19. The van der Waals surface area contributed by atoms with Crippen molar-refractivity contribution in [3.63, 3.8) is 0 Å². The van der Waals surface area contributed by atoms with Crippen molar-refractivity contribution in [2.75, 3.05) is 13.2 Å². The Balaban J connectivity index is 4.22. The second-order valence-corrected chi connectivity index (χ2v) is 22.1. The molecule has 1 unspecified atom stereocenters. The molecule has 0 aromatic carbocycles. The van der Waals surface area contributed by atoms with Crippen molar-refractivity contribution < 1.29 is 28.6 Å². The number of carbonyl (C=O) groups excluding carboxylic acids is 3. The summed E-state index contributed by atoms with van der Waals surface area (Å²) in [6.45, 7) is 11.5. The third-order valence-electron chi connectivity index (χ3n) is 14.6. The van der Waals surface area contributed by atoms with Crippen LogP contribution in [0, 0.1) is 11.8 Å². The second kappa shape index (κ2) is 54.7. The molecule has 0 aliphatic heterocycles. The fraction of sp³-hybridized carbons (Fsp3) is 0.952. The summed E-state index contributed by atoms with van der Waals surface area (Å²) in [7, 11) is 0. The number of carbonyl (C=O) groups is 3. The second-order valence-electron chi connectivity index (χ2n) is 22.1. The number of unbranched alkanes of at least 4 members (excludes halogenated alkanes) is 40. The summed E-state index contributed by atoms with van der Waals surface area (Å²) in [4.78, 5) is 38.2. The van der Waals surface area contributed by atoms with Gasteiger partial charge in [0.1, 0.15) is 13.2 Å². The van der Waals surface area contributed by atoms with E-state index in [1.54, 1.807) is 0 Å². The van der Waals surface area contributed by atoms with E-state index in [1.807, 2.05) is 0 Å². The van der Waals surface area contributed by atoms with Crippen LogP contribution < -0.4 is 0 Å². The Kier molecular flexibility index (Phi) is 53.5. The molecule has 0 spiro atoms. The molecule has 0 aliphatic rings. The van der Waals surface area contributed by atoms with Gasteiger partial charge < -0.3 is 14.2 Å². The molecule has 0 heterocycles. The molecule has 68 heavy (non-hydrogen) atoms. The SMILES string of the molecule is CCCCCCCCCCCCCC(=O)OC[C@H](COC(=O)CCCCCCCCCCCCCCCCCCCCC(C)C)OC(=O)CCCCCCCCCCCCCCCCC(C)CC. The van der Waals surface area contributed by atoms with Crippen LogP contribution in [0.3, 0.4) is 0 Å². The highest BCUT2D eigenvalue weighted by atomic mass is 16.6. The maximum Gasteiger partial charge on any atom is 0.306 e. The van der Waals surface area contributed by atoms with E-state index in [2.05, 4.69) is 34.6 Å². The van der Waals surface area contributed by atoms with Crippen LogP contribution in [0.25, 0.3) is 0 Å². The summed E-state index contributed by atoms with van der Waals surface area (Å²) in [6.07, 6.45) is 59.5. The summed E-state index contributed by atoms with van der Waals surface area (Å²) < 4.78 is 16.9. The van der Waals surface area contributed by atoms with Gasteiger partial charge in [0, 0.05) is 19.3 Å². The van der Waals surface area contributed by atoms with Gasteiger partial charge in [0.15, 0.2) is 6.10 Å². The minimum absolute atomic E-state index is 0.0621. The van der Waals surface area contributed by atoms with Crippen LogP contribution in [0.2, 0.25) is 0 Å². The van der Waals surface area contributed by atoms with E-state index >= 15 is 0 Å². The summed E-state index contributed by atoms with van der Waals surface area (Å²) in [5.41, 5.74) is 0. The van der Waals surface area contributed by atoms with Gasteiger partial charge in [0.05, 0.1) is 0 Å². The number of hydrogen-bond donors (Lipinski definition) is 0. The Morgan fingerprint density at radius 2 is 0.559 bits per heavy atom. The molecule has 0 N–H and O–H groups in total. The third kappa shape index (κ3) is 53.8. The molecule has 0 aromatic heterocycles. The van der Waals surface area contributed by atoms with E-state index in [1.165, 1.54) is 238 Å². The maximum atomic E-state index is 12.9. The number of esters is 3. The summed E-state index contributed by atoms with van der Waals surface area (Å²) >= 11 is 0. The lowest BCUT2D eigenvalue weighted by Gasteiger charge is -2.18. The number of rotatable bonds is 56. The molecule has 0 bridgehead atoms. The molecule has 6 nitrogen and oxygen atoms in total. The third-order valence-corrected chi connectivity index (χ3v) is 14.6. The summed E-state index contributed by atoms with van der Waals surface area (Å²) in [5.74, 6) is 0.918. The Morgan fingerprint density at radius 1 is 0.309 bits per heavy atom. The van der Waals surface area contributed by atoms with Crippen molar-refractivity contribution in [2.24, 2.45) is 11.8 Å². The van der Waals surface area contributed by atoms with Crippen LogP contribution in [0.1, 0.15) is 349 Å². The van der Waals surface area contributed by atoms with E-state index in [9.17, 15) is 14.4 Å². The van der Waals surface area contributed by atoms with Gasteiger partial charge in [-0.1, -0.05) is 311 Å². The van der Waals surface area contributed by atoms with Crippen LogP contribution in [-0.2, 0) is 28.6 Å². The molecule has 0 radical (unpaired) electrons. The Hall–Kier alpha value is -1.59. The fourth-order valence-corrected chi connectivity index (χ4v) is 9.55. The molecule has 0 fully saturated rings. The average molecular weight is 962 g/mol. The first-order valence-electron chi connectivity index (χ1n) is 30.8. The highest BCUT2D eigenvalue weighted by Crippen LogP contribution is 2.19. The summed E-state index contributed by atoms with van der Waals surface area (Å²) in [5, 5.41) is 0. The fourth-order valence-electron chi connectivity index (χ4n) is 9.55. The lowest BCUT2D eigenvalue weighted by molar-refractivity contribution is -0.167. The molecule has 0 amide bonds. The Labute approximate surface area is 425 Å². The molecule has 2 atom stereocenters. The summed E-state index contributed by atoms with van der Waals surface area (Å²) in [6, 6.07) is 0. The van der Waals surface area contributed by atoms with Crippen molar-refractivity contribution in [1.29, 1.82) is 0 Å². The van der Waals surface area contributed by atoms with Gasteiger partial charge in [-0.2, -0.15) is 0 Å². The zero-order chi connectivity index (χ0) is 49.6. The van der Waals surface area contributed by atoms with Gasteiger partial charge in [-0.25, -0.2) is 0 Å². The Morgan fingerprint density at radius 3 is 0.838 bits per heavy atom. The smallest absolute Gasteiger partial charge is 0.306 e. The van der Waals surface area contributed by atoms with Gasteiger partial charge in [0.2, 0.25) is 0 Å². The standard InChI is InChI=1S/C62H120O6/c1-6-8-9-10-11-12-25-32-37-42-47-52-60(63)66-55-59(68-62(65)54-49-44-39-34-29-24-20-19-22-27-31-36-41-46-51-58(5)7-2)56-67-61(64)53-48-43-38-33-28-23-18-16-14-13-15-17-21-26-30-35-40-45-50-57(3)4/h57-59H,6-56H2,1-5H3/t58?,59-/m1/s1. The molecule has 0 aliphatic carbocycles. The Bertz CT molecular complexity index is 1040. The number of hydrogen-bond acceptors (Lipinski definition) is 6. The van der Waals surface area contributed by atoms with Crippen LogP contribution in [0.15, 0.2) is 0 Å². The van der Waals surface area contributed by atoms with E-state index in [0.29, 0.717) is 19.3 Å². The van der Waals surface area contributed by atoms with Gasteiger partial charge >= 0.3 is 17.9 Å². The minimum Gasteiger partial charge on any atom is -0.462 e. The van der Waals surface area contributed by atoms with Gasteiger partial charge in [-0.05, 0) is 31.1 Å². The first kappa shape index (κ1) is 66.4. The van der Waals surface area contributed by atoms with E-state index in [0.717, 1.165) is 69.6 Å². The van der Waals surface area contributed by atoms with Gasteiger partial charge in [-0.3, -0.25) is 14.4 Å². The van der Waals surface area contributed by atoms with Crippen molar-refractivity contribution in [3.05, 3.63) is 0 Å². The maximum absolute atomic E-state index is 12.9. The van der Waals surface area contributed by atoms with E-state index in [4.69, 9.17) is 14.2 Å². The topological polar surface area (TPSA) is 78.9 Å². The number of ether oxygens (including phenoxy) is 3. The molecule has 0 saturated carbocycles. The predicted molar refractivity (Wildman–Crippen MR) is 293 cm³/mol. The molecular formula is C62H120O6. The molecule has 0 aromatic rings. The largest absolute Gasteiger partial charge is 0.462 e. The van der Waals surface area contributed by atoms with Crippen molar-refractivity contribution in [3.8, 4) is 0 Å². The lowest BCUT2D eigenvalue weighted by atomic mass is 9.99. The molecule has 6 heteroatoms. The van der Waals surface area contributed by atoms with Gasteiger partial charge in [-0.15, -0.1) is 0 Å². The lowest BCUT2D eigenvalue weighted by Crippen LogP contribution is -2.30. The van der Waals surface area contributed by atoms with Crippen LogP contribution in [0.5, 0.6) is 0 Å². The van der Waals surface area contributed by atoms with Crippen LogP contribution in [0.4, 0.5) is 0 Å². The molecule has 404 valence electrons. The van der Waals surface area contributed by atoms with E-state index in [-0.39, 0.29) is 31.1 Å². The zero-order valence-electron chi connectivity index (χ0n) is 46.7. The van der Waals surface area contributed by atoms with Crippen molar-refractivity contribution in [2.45, 2.75) is 355 Å². The van der Waals surface area contributed by atoms with E-state index < -0.39 is 6.10 Å². The first-order valence-corrected chi connectivity index (χ1v) is 30.8. The quantitative estimate of drug-likeness (QED) is 0.0343. The van der Waals surface area contributed by atoms with Crippen LogP contribution >= 0.6 is 0 Å². The predicted octanol–water partition coefficient (Wildman–Crippen LogP) is 20.4. The normalized spacial score (nSPS) is 12.4. The van der Waals surface area contributed by atoms with Crippen LogP contribution in [-0.4, -0.2) is 37.2 Å². The molecule has 0 rings (SSSR count).